The van der Waals surface area contributed by atoms with Gasteiger partial charge in [0.15, 0.2) is 5.13 Å². The lowest BCUT2D eigenvalue weighted by Crippen LogP contribution is -2.05. The van der Waals surface area contributed by atoms with Gasteiger partial charge in [0.2, 0.25) is 5.91 Å². The van der Waals surface area contributed by atoms with Crippen LogP contribution in [0.1, 0.15) is 12.6 Å². The van der Waals surface area contributed by atoms with Gasteiger partial charge in [0.25, 0.3) is 0 Å². The maximum atomic E-state index is 10.8. The summed E-state index contributed by atoms with van der Waals surface area (Å²) in [7, 11) is 1.65. The first kappa shape index (κ1) is 11.6. The molecule has 1 aromatic heterocycles. The molecule has 0 aliphatic rings. The number of nitrogens with zero attached hydrogens (tertiary/aromatic N) is 1. The van der Waals surface area contributed by atoms with Gasteiger partial charge >= 0.3 is 0 Å². The third-order valence-electron chi connectivity index (χ3n) is 1.48. The van der Waals surface area contributed by atoms with Gasteiger partial charge in [0.1, 0.15) is 0 Å². The third-order valence-corrected chi connectivity index (χ3v) is 3.22. The lowest BCUT2D eigenvalue weighted by atomic mass is 10.4. The highest BCUT2D eigenvalue weighted by Crippen LogP contribution is 2.28. The average molecular weight is 279 g/mol. The van der Waals surface area contributed by atoms with Crippen LogP contribution in [0.4, 0.5) is 5.13 Å². The molecule has 0 aliphatic carbocycles. The Morgan fingerprint density at radius 2 is 2.43 bits per heavy atom. The molecular weight excluding hydrogens is 268 g/mol. The summed E-state index contributed by atoms with van der Waals surface area (Å²) in [5, 5.41) is 3.26. The smallest absolute Gasteiger partial charge is 0.223 e. The second-order valence-corrected chi connectivity index (χ2v) is 4.98. The van der Waals surface area contributed by atoms with Crippen molar-refractivity contribution in [2.75, 3.05) is 19.0 Å². The maximum absolute atomic E-state index is 10.8. The van der Waals surface area contributed by atoms with E-state index in [-0.39, 0.29) is 5.91 Å². The molecule has 1 heterocycles. The van der Waals surface area contributed by atoms with Crippen molar-refractivity contribution in [2.24, 2.45) is 0 Å². The standard InChI is InChI=1S/C8H11BrN2O2S/c1-5(12)10-8-11-6(3-4-13-2)7(9)14-8/h3-4H2,1-2H3,(H,10,11,12). The molecule has 0 aromatic carbocycles. The number of carbonyl (C=O) groups is 1. The first-order chi connectivity index (χ1) is 6.63. The SMILES string of the molecule is COCCc1nc(NC(C)=O)sc1Br. The van der Waals surface area contributed by atoms with Crippen molar-refractivity contribution in [3.63, 3.8) is 0 Å². The highest BCUT2D eigenvalue weighted by molar-refractivity contribution is 9.11. The van der Waals surface area contributed by atoms with Crippen LogP contribution in [0.25, 0.3) is 0 Å². The minimum Gasteiger partial charge on any atom is -0.384 e. The molecule has 4 nitrogen and oxygen atoms in total. The number of rotatable bonds is 4. The number of ether oxygens (including phenoxy) is 1. The Balaban J connectivity index is 2.66. The molecule has 0 bridgehead atoms. The normalized spacial score (nSPS) is 10.2. The van der Waals surface area contributed by atoms with Gasteiger partial charge in [-0.2, -0.15) is 0 Å². The van der Waals surface area contributed by atoms with Gasteiger partial charge in [0, 0.05) is 20.5 Å². The maximum Gasteiger partial charge on any atom is 0.223 e. The van der Waals surface area contributed by atoms with Crippen LogP contribution in [0.3, 0.4) is 0 Å². The fourth-order valence-corrected chi connectivity index (χ4v) is 2.42. The molecule has 6 heteroatoms. The van der Waals surface area contributed by atoms with Crippen LogP contribution in [0.2, 0.25) is 0 Å². The van der Waals surface area contributed by atoms with Gasteiger partial charge in [0.05, 0.1) is 16.1 Å². The largest absolute Gasteiger partial charge is 0.384 e. The van der Waals surface area contributed by atoms with Crippen LogP contribution in [0.15, 0.2) is 3.79 Å². The van der Waals surface area contributed by atoms with Gasteiger partial charge in [-0.05, 0) is 15.9 Å². The van der Waals surface area contributed by atoms with Crippen molar-refractivity contribution < 1.29 is 9.53 Å². The summed E-state index contributed by atoms with van der Waals surface area (Å²) in [6, 6.07) is 0. The van der Waals surface area contributed by atoms with Crippen molar-refractivity contribution in [2.45, 2.75) is 13.3 Å². The van der Waals surface area contributed by atoms with Crippen molar-refractivity contribution in [3.8, 4) is 0 Å². The van der Waals surface area contributed by atoms with Crippen molar-refractivity contribution in [1.29, 1.82) is 0 Å². The molecule has 0 saturated heterocycles. The summed E-state index contributed by atoms with van der Waals surface area (Å²) in [6.07, 6.45) is 0.743. The predicted molar refractivity (Wildman–Crippen MR) is 59.7 cm³/mol. The molecule has 1 aromatic rings. The second-order valence-electron chi connectivity index (χ2n) is 2.66. The van der Waals surface area contributed by atoms with E-state index in [0.29, 0.717) is 11.7 Å². The molecule has 14 heavy (non-hydrogen) atoms. The van der Waals surface area contributed by atoms with Gasteiger partial charge in [-0.15, -0.1) is 0 Å². The second kappa shape index (κ2) is 5.43. The van der Waals surface area contributed by atoms with E-state index in [1.807, 2.05) is 0 Å². The van der Waals surface area contributed by atoms with Crippen LogP contribution >= 0.6 is 27.3 Å². The number of methoxy groups -OCH3 is 1. The van der Waals surface area contributed by atoms with Crippen LogP contribution in [-0.2, 0) is 16.0 Å². The zero-order chi connectivity index (χ0) is 10.6. The van der Waals surface area contributed by atoms with E-state index < -0.39 is 0 Å². The van der Waals surface area contributed by atoms with Crippen molar-refractivity contribution in [3.05, 3.63) is 9.48 Å². The molecule has 0 atom stereocenters. The molecular formula is C8H11BrN2O2S. The summed E-state index contributed by atoms with van der Waals surface area (Å²) >= 11 is 4.80. The summed E-state index contributed by atoms with van der Waals surface area (Å²) in [4.78, 5) is 15.0. The van der Waals surface area contributed by atoms with E-state index in [0.717, 1.165) is 15.9 Å². The number of halogens is 1. The van der Waals surface area contributed by atoms with Crippen molar-refractivity contribution in [1.82, 2.24) is 4.98 Å². The zero-order valence-electron chi connectivity index (χ0n) is 7.96. The number of aromatic nitrogens is 1. The summed E-state index contributed by atoms with van der Waals surface area (Å²) in [5.74, 6) is -0.107. The number of thiazole rings is 1. The summed E-state index contributed by atoms with van der Waals surface area (Å²) in [6.45, 7) is 2.09. The molecule has 0 fully saturated rings. The highest BCUT2D eigenvalue weighted by Gasteiger charge is 2.09. The minimum absolute atomic E-state index is 0.107. The quantitative estimate of drug-likeness (QED) is 0.917. The van der Waals surface area contributed by atoms with Gasteiger partial charge in [-0.3, -0.25) is 4.79 Å². The number of anilines is 1. The Hall–Kier alpha value is -0.460. The number of nitrogens with one attached hydrogen (secondary N) is 1. The lowest BCUT2D eigenvalue weighted by Gasteiger charge is -1.95. The predicted octanol–water partition coefficient (Wildman–Crippen LogP) is 2.05. The van der Waals surface area contributed by atoms with E-state index in [1.165, 1.54) is 18.3 Å². The number of hydrogen-bond acceptors (Lipinski definition) is 4. The Bertz CT molecular complexity index is 327. The third kappa shape index (κ3) is 3.36. The fourth-order valence-electron chi connectivity index (χ4n) is 0.890. The molecule has 0 radical (unpaired) electrons. The molecule has 0 aliphatic heterocycles. The fraction of sp³-hybridized carbons (Fsp3) is 0.500. The number of carbonyl (C=O) groups excluding carboxylic acids is 1. The first-order valence-corrected chi connectivity index (χ1v) is 5.66. The first-order valence-electron chi connectivity index (χ1n) is 4.05. The highest BCUT2D eigenvalue weighted by atomic mass is 79.9. The molecule has 0 unspecified atom stereocenters. The number of hydrogen-bond donors (Lipinski definition) is 1. The Kier molecular flexibility index (Phi) is 4.50. The van der Waals surface area contributed by atoms with Gasteiger partial charge < -0.3 is 10.1 Å². The zero-order valence-corrected chi connectivity index (χ0v) is 10.4. The topological polar surface area (TPSA) is 51.2 Å². The molecule has 1 amide bonds. The van der Waals surface area contributed by atoms with Gasteiger partial charge in [-0.25, -0.2) is 4.98 Å². The molecule has 1 rings (SSSR count). The average Bonchev–Trinajstić information content (AvgIpc) is 2.41. The minimum atomic E-state index is -0.107. The number of amides is 1. The molecule has 0 saturated carbocycles. The Morgan fingerprint density at radius 1 is 1.71 bits per heavy atom. The van der Waals surface area contributed by atoms with Gasteiger partial charge in [-0.1, -0.05) is 11.3 Å². The van der Waals surface area contributed by atoms with Crippen molar-refractivity contribution >= 4 is 38.3 Å². The summed E-state index contributed by atoms with van der Waals surface area (Å²) < 4.78 is 5.89. The van der Waals surface area contributed by atoms with E-state index >= 15 is 0 Å². The summed E-state index contributed by atoms with van der Waals surface area (Å²) in [5.41, 5.74) is 0.917. The molecule has 1 N–H and O–H groups in total. The van der Waals surface area contributed by atoms with E-state index in [1.54, 1.807) is 7.11 Å². The van der Waals surface area contributed by atoms with E-state index in [4.69, 9.17) is 4.74 Å². The Labute approximate surface area is 94.8 Å². The molecule has 0 spiro atoms. The van der Waals surface area contributed by atoms with Crippen LogP contribution in [0.5, 0.6) is 0 Å². The van der Waals surface area contributed by atoms with Crippen LogP contribution in [0, 0.1) is 0 Å². The molecule has 78 valence electrons. The van der Waals surface area contributed by atoms with Crippen LogP contribution < -0.4 is 5.32 Å². The van der Waals surface area contributed by atoms with E-state index in [2.05, 4.69) is 26.2 Å². The lowest BCUT2D eigenvalue weighted by molar-refractivity contribution is -0.114. The Morgan fingerprint density at radius 3 is 3.00 bits per heavy atom. The monoisotopic (exact) mass is 278 g/mol. The van der Waals surface area contributed by atoms with E-state index in [9.17, 15) is 4.79 Å². The van der Waals surface area contributed by atoms with Crippen LogP contribution in [-0.4, -0.2) is 24.6 Å².